The Morgan fingerprint density at radius 1 is 1.19 bits per heavy atom. The number of halogens is 3. The lowest BCUT2D eigenvalue weighted by atomic mass is 10.1. The van der Waals surface area contributed by atoms with Gasteiger partial charge in [-0.3, -0.25) is 4.79 Å². The molecule has 4 nitrogen and oxygen atoms in total. The third-order valence-corrected chi connectivity index (χ3v) is 5.66. The van der Waals surface area contributed by atoms with Crippen LogP contribution in [0.3, 0.4) is 0 Å². The van der Waals surface area contributed by atoms with Gasteiger partial charge in [0, 0.05) is 30.5 Å². The zero-order chi connectivity index (χ0) is 18.3. The van der Waals surface area contributed by atoms with Gasteiger partial charge in [0.25, 0.3) is 5.91 Å². The van der Waals surface area contributed by atoms with Crippen molar-refractivity contribution in [3.05, 3.63) is 47.3 Å². The molecular formula is C18H18F3N3OS. The first-order valence-corrected chi connectivity index (χ1v) is 9.73. The van der Waals surface area contributed by atoms with Gasteiger partial charge in [0.15, 0.2) is 0 Å². The summed E-state index contributed by atoms with van der Waals surface area (Å²) in [4.78, 5) is 14.7. The number of hydrogen-bond donors (Lipinski definition) is 0. The molecule has 1 aliphatic heterocycles. The second-order valence-electron chi connectivity index (χ2n) is 6.58. The lowest BCUT2D eigenvalue weighted by molar-refractivity contribution is -0.137. The minimum absolute atomic E-state index is 0.0644. The van der Waals surface area contributed by atoms with Crippen molar-refractivity contribution in [2.75, 3.05) is 24.6 Å². The van der Waals surface area contributed by atoms with E-state index in [1.54, 1.807) is 6.07 Å². The number of rotatable bonds is 3. The van der Waals surface area contributed by atoms with Crippen molar-refractivity contribution in [2.24, 2.45) is 0 Å². The summed E-state index contributed by atoms with van der Waals surface area (Å²) in [6, 6.07) is 5.10. The maximum atomic E-state index is 13.0. The molecule has 1 aromatic heterocycles. The van der Waals surface area contributed by atoms with Crippen LogP contribution in [0.1, 0.15) is 40.4 Å². The third-order valence-electron chi connectivity index (χ3n) is 4.72. The van der Waals surface area contributed by atoms with E-state index in [-0.39, 0.29) is 11.8 Å². The molecule has 8 heteroatoms. The molecule has 1 saturated carbocycles. The predicted octanol–water partition coefficient (Wildman–Crippen LogP) is 3.96. The van der Waals surface area contributed by atoms with Crippen LogP contribution in [-0.4, -0.2) is 45.2 Å². The minimum atomic E-state index is -4.41. The SMILES string of the molecule is O=C(c1cnn(-c2cccc(C(F)(F)F)c2)c1C1CC1)N1CCSCC1. The van der Waals surface area contributed by atoms with Gasteiger partial charge in [-0.05, 0) is 31.0 Å². The molecule has 2 heterocycles. The highest BCUT2D eigenvalue weighted by Gasteiger charge is 2.35. The quantitative estimate of drug-likeness (QED) is 0.808. The number of alkyl halides is 3. The summed E-state index contributed by atoms with van der Waals surface area (Å²) in [5.74, 6) is 1.94. The Bertz CT molecular complexity index is 823. The average molecular weight is 381 g/mol. The van der Waals surface area contributed by atoms with E-state index in [1.165, 1.54) is 16.9 Å². The van der Waals surface area contributed by atoms with E-state index in [0.29, 0.717) is 24.3 Å². The summed E-state index contributed by atoms with van der Waals surface area (Å²) in [6.07, 6.45) is -1.04. The van der Waals surface area contributed by atoms with E-state index < -0.39 is 11.7 Å². The molecule has 0 spiro atoms. The molecule has 26 heavy (non-hydrogen) atoms. The van der Waals surface area contributed by atoms with Crippen molar-refractivity contribution >= 4 is 17.7 Å². The minimum Gasteiger partial charge on any atom is -0.337 e. The number of benzene rings is 1. The van der Waals surface area contributed by atoms with Crippen molar-refractivity contribution in [3.8, 4) is 5.69 Å². The molecule has 0 radical (unpaired) electrons. The fourth-order valence-electron chi connectivity index (χ4n) is 3.23. The summed E-state index contributed by atoms with van der Waals surface area (Å²) in [5, 5.41) is 4.28. The van der Waals surface area contributed by atoms with Crippen molar-refractivity contribution in [2.45, 2.75) is 24.9 Å². The predicted molar refractivity (Wildman–Crippen MR) is 93.8 cm³/mol. The smallest absolute Gasteiger partial charge is 0.337 e. The van der Waals surface area contributed by atoms with Crippen molar-refractivity contribution < 1.29 is 18.0 Å². The van der Waals surface area contributed by atoms with E-state index in [2.05, 4.69) is 5.10 Å². The number of hydrogen-bond acceptors (Lipinski definition) is 3. The van der Waals surface area contributed by atoms with Gasteiger partial charge >= 0.3 is 6.18 Å². The molecule has 4 rings (SSSR count). The highest BCUT2D eigenvalue weighted by molar-refractivity contribution is 7.99. The van der Waals surface area contributed by atoms with E-state index in [9.17, 15) is 18.0 Å². The van der Waals surface area contributed by atoms with Gasteiger partial charge in [0.05, 0.1) is 28.7 Å². The first-order chi connectivity index (χ1) is 12.4. The zero-order valence-electron chi connectivity index (χ0n) is 14.0. The molecule has 0 unspecified atom stereocenters. The molecule has 1 aromatic carbocycles. The summed E-state index contributed by atoms with van der Waals surface area (Å²) >= 11 is 1.82. The standard InChI is InChI=1S/C18H18F3N3OS/c19-18(20,21)13-2-1-3-14(10-13)24-16(12-4-5-12)15(11-22-24)17(25)23-6-8-26-9-7-23/h1-3,10-12H,4-9H2. The van der Waals surface area contributed by atoms with Gasteiger partial charge < -0.3 is 4.90 Å². The fraction of sp³-hybridized carbons (Fsp3) is 0.444. The molecule has 2 aliphatic rings. The van der Waals surface area contributed by atoms with Gasteiger partial charge in [-0.1, -0.05) is 6.07 Å². The Hall–Kier alpha value is -1.96. The van der Waals surface area contributed by atoms with Crippen LogP contribution >= 0.6 is 11.8 Å². The molecule has 2 aromatic rings. The molecule has 1 saturated heterocycles. The highest BCUT2D eigenvalue weighted by Crippen LogP contribution is 2.43. The van der Waals surface area contributed by atoms with Crippen LogP contribution in [0.4, 0.5) is 13.2 Å². The zero-order valence-corrected chi connectivity index (χ0v) is 14.8. The molecule has 0 bridgehead atoms. The Labute approximate surface area is 153 Å². The second kappa shape index (κ2) is 6.64. The van der Waals surface area contributed by atoms with Crippen LogP contribution in [0, 0.1) is 0 Å². The van der Waals surface area contributed by atoms with Crippen LogP contribution < -0.4 is 0 Å². The Morgan fingerprint density at radius 3 is 2.58 bits per heavy atom. The van der Waals surface area contributed by atoms with Crippen LogP contribution in [0.15, 0.2) is 30.5 Å². The first kappa shape index (κ1) is 17.5. The number of nitrogens with zero attached hydrogens (tertiary/aromatic N) is 3. The Kier molecular flexibility index (Phi) is 4.46. The third kappa shape index (κ3) is 3.34. The first-order valence-electron chi connectivity index (χ1n) is 8.58. The van der Waals surface area contributed by atoms with Crippen LogP contribution in [0.2, 0.25) is 0 Å². The second-order valence-corrected chi connectivity index (χ2v) is 7.81. The largest absolute Gasteiger partial charge is 0.416 e. The number of carbonyl (C=O) groups excluding carboxylic acids is 1. The summed E-state index contributed by atoms with van der Waals surface area (Å²) in [7, 11) is 0. The summed E-state index contributed by atoms with van der Waals surface area (Å²) in [6.45, 7) is 1.39. The van der Waals surface area contributed by atoms with Crippen molar-refractivity contribution in [1.29, 1.82) is 0 Å². The molecule has 138 valence electrons. The number of thioether (sulfide) groups is 1. The van der Waals surface area contributed by atoms with Crippen LogP contribution in [0.5, 0.6) is 0 Å². The maximum absolute atomic E-state index is 13.0. The molecular weight excluding hydrogens is 363 g/mol. The van der Waals surface area contributed by atoms with Crippen LogP contribution in [0.25, 0.3) is 5.69 Å². The normalized spacial score (nSPS) is 18.2. The number of carbonyl (C=O) groups is 1. The summed E-state index contributed by atoms with van der Waals surface area (Å²) in [5.41, 5.74) is 0.896. The van der Waals surface area contributed by atoms with Gasteiger partial charge in [0.2, 0.25) is 0 Å². The van der Waals surface area contributed by atoms with Crippen molar-refractivity contribution in [1.82, 2.24) is 14.7 Å². The van der Waals surface area contributed by atoms with Crippen molar-refractivity contribution in [3.63, 3.8) is 0 Å². The molecule has 2 fully saturated rings. The molecule has 0 atom stereocenters. The average Bonchev–Trinajstić information content (AvgIpc) is 3.39. The molecule has 1 amide bonds. The van der Waals surface area contributed by atoms with E-state index in [4.69, 9.17) is 0 Å². The van der Waals surface area contributed by atoms with Gasteiger partial charge in [-0.25, -0.2) is 4.68 Å². The number of amides is 1. The molecule has 0 N–H and O–H groups in total. The topological polar surface area (TPSA) is 38.1 Å². The molecule has 1 aliphatic carbocycles. The van der Waals surface area contributed by atoms with E-state index in [1.807, 2.05) is 16.7 Å². The van der Waals surface area contributed by atoms with Gasteiger partial charge in [0.1, 0.15) is 0 Å². The Balaban J connectivity index is 1.72. The maximum Gasteiger partial charge on any atom is 0.416 e. The monoisotopic (exact) mass is 381 g/mol. The van der Waals surface area contributed by atoms with E-state index >= 15 is 0 Å². The lowest BCUT2D eigenvalue weighted by Crippen LogP contribution is -2.38. The number of aromatic nitrogens is 2. The van der Waals surface area contributed by atoms with Gasteiger partial charge in [-0.15, -0.1) is 0 Å². The summed E-state index contributed by atoms with van der Waals surface area (Å²) < 4.78 is 40.6. The van der Waals surface area contributed by atoms with Gasteiger partial charge in [-0.2, -0.15) is 30.0 Å². The van der Waals surface area contributed by atoms with Crippen LogP contribution in [-0.2, 0) is 6.18 Å². The van der Waals surface area contributed by atoms with E-state index in [0.717, 1.165) is 42.2 Å². The Morgan fingerprint density at radius 2 is 1.92 bits per heavy atom. The fourth-order valence-corrected chi connectivity index (χ4v) is 4.13. The lowest BCUT2D eigenvalue weighted by Gasteiger charge is -2.26. The highest BCUT2D eigenvalue weighted by atomic mass is 32.2.